The fraction of sp³-hybridized carbons (Fsp3) is 0.364. The van der Waals surface area contributed by atoms with Crippen LogP contribution in [0.25, 0.3) is 5.65 Å². The van der Waals surface area contributed by atoms with Gasteiger partial charge in [-0.05, 0) is 0 Å². The normalized spacial score (nSPS) is 10.3. The highest BCUT2D eigenvalue weighted by atomic mass is 16.5. The second-order valence-electron chi connectivity index (χ2n) is 3.69. The number of ether oxygens (including phenoxy) is 1. The average Bonchev–Trinajstić information content (AvgIpc) is 2.82. The Morgan fingerprint density at radius 1 is 1.50 bits per heavy atom. The lowest BCUT2D eigenvalue weighted by Gasteiger charge is -2.09. The number of anilines is 1. The maximum atomic E-state index is 10.7. The van der Waals surface area contributed by atoms with Gasteiger partial charge >= 0.3 is 0 Å². The van der Waals surface area contributed by atoms with Gasteiger partial charge < -0.3 is 15.4 Å². The van der Waals surface area contributed by atoms with Gasteiger partial charge in [-0.1, -0.05) is 0 Å². The number of hydrogen-bond donors (Lipinski definition) is 2. The van der Waals surface area contributed by atoms with Gasteiger partial charge in [0.25, 0.3) is 0 Å². The summed E-state index contributed by atoms with van der Waals surface area (Å²) in [7, 11) is 1.57. The van der Waals surface area contributed by atoms with E-state index in [2.05, 4.69) is 20.7 Å². The Morgan fingerprint density at radius 3 is 3.06 bits per heavy atom. The van der Waals surface area contributed by atoms with E-state index in [0.717, 1.165) is 5.82 Å². The van der Waals surface area contributed by atoms with E-state index in [1.165, 1.54) is 6.92 Å². The van der Waals surface area contributed by atoms with Crippen LogP contribution in [0.3, 0.4) is 0 Å². The fourth-order valence-electron chi connectivity index (χ4n) is 1.55. The predicted molar refractivity (Wildman–Crippen MR) is 66.7 cm³/mol. The average molecular weight is 249 g/mol. The molecule has 0 unspecified atom stereocenters. The molecule has 0 aliphatic carbocycles. The number of methoxy groups -OCH3 is 1. The Hall–Kier alpha value is -2.31. The van der Waals surface area contributed by atoms with Crippen molar-refractivity contribution in [3.05, 3.63) is 18.3 Å². The zero-order valence-electron chi connectivity index (χ0n) is 10.3. The van der Waals surface area contributed by atoms with Gasteiger partial charge in [-0.25, -0.2) is 0 Å². The molecule has 0 fully saturated rings. The van der Waals surface area contributed by atoms with Crippen molar-refractivity contribution in [3.8, 4) is 5.88 Å². The van der Waals surface area contributed by atoms with Crippen LogP contribution in [0.15, 0.2) is 18.3 Å². The molecule has 1 amide bonds. The molecular weight excluding hydrogens is 234 g/mol. The summed E-state index contributed by atoms with van der Waals surface area (Å²) in [5.41, 5.74) is 0.705. The van der Waals surface area contributed by atoms with Gasteiger partial charge in [0.05, 0.1) is 13.3 Å². The molecule has 0 bridgehead atoms. The minimum Gasteiger partial charge on any atom is -0.481 e. The van der Waals surface area contributed by atoms with Gasteiger partial charge in [-0.2, -0.15) is 14.6 Å². The van der Waals surface area contributed by atoms with Crippen molar-refractivity contribution in [2.75, 3.05) is 25.5 Å². The molecule has 0 radical (unpaired) electrons. The summed E-state index contributed by atoms with van der Waals surface area (Å²) in [6, 6.07) is 3.55. The molecule has 18 heavy (non-hydrogen) atoms. The first-order chi connectivity index (χ1) is 8.70. The van der Waals surface area contributed by atoms with Crippen LogP contribution in [-0.2, 0) is 4.79 Å². The molecule has 0 aliphatic rings. The number of fused-ring (bicyclic) bond motifs is 1. The molecule has 0 aliphatic heterocycles. The van der Waals surface area contributed by atoms with Crippen LogP contribution < -0.4 is 15.4 Å². The van der Waals surface area contributed by atoms with Gasteiger partial charge in [-0.3, -0.25) is 4.79 Å². The summed E-state index contributed by atoms with van der Waals surface area (Å²) in [6.45, 7) is 2.63. The first-order valence-corrected chi connectivity index (χ1v) is 5.58. The lowest BCUT2D eigenvalue weighted by Crippen LogP contribution is -2.26. The van der Waals surface area contributed by atoms with Crippen LogP contribution in [0, 0.1) is 0 Å². The Morgan fingerprint density at radius 2 is 2.33 bits per heavy atom. The minimum absolute atomic E-state index is 0.0478. The first kappa shape index (κ1) is 12.2. The van der Waals surface area contributed by atoms with Crippen LogP contribution in [-0.4, -0.2) is 40.7 Å². The molecule has 96 valence electrons. The predicted octanol–water partition coefficient (Wildman–Crippen LogP) is 0.286. The largest absolute Gasteiger partial charge is 0.481 e. The van der Waals surface area contributed by atoms with Crippen LogP contribution in [0.5, 0.6) is 5.88 Å². The standard InChI is InChI=1S/C11H15N5O2/c1-8(17)12-5-6-13-10-7-11(18-2)15-9-3-4-14-16(9)10/h3-4,7,13H,5-6H2,1-2H3,(H,12,17). The fourth-order valence-corrected chi connectivity index (χ4v) is 1.55. The smallest absolute Gasteiger partial charge is 0.218 e. The summed E-state index contributed by atoms with van der Waals surface area (Å²) in [5, 5.41) is 10.0. The van der Waals surface area contributed by atoms with E-state index in [-0.39, 0.29) is 5.91 Å². The first-order valence-electron chi connectivity index (χ1n) is 5.58. The van der Waals surface area contributed by atoms with E-state index in [9.17, 15) is 4.79 Å². The van der Waals surface area contributed by atoms with Gasteiger partial charge in [0.2, 0.25) is 11.8 Å². The van der Waals surface area contributed by atoms with Crippen LogP contribution in [0.4, 0.5) is 5.82 Å². The molecule has 2 heterocycles. The van der Waals surface area contributed by atoms with E-state index in [1.807, 2.05) is 0 Å². The third kappa shape index (κ3) is 2.68. The number of rotatable bonds is 5. The van der Waals surface area contributed by atoms with Gasteiger partial charge in [0.15, 0.2) is 5.65 Å². The quantitative estimate of drug-likeness (QED) is 0.744. The third-order valence-electron chi connectivity index (χ3n) is 2.35. The van der Waals surface area contributed by atoms with Crippen molar-refractivity contribution in [3.63, 3.8) is 0 Å². The molecule has 2 aromatic rings. The van der Waals surface area contributed by atoms with E-state index in [0.29, 0.717) is 24.6 Å². The molecule has 0 aromatic carbocycles. The molecule has 2 rings (SSSR count). The van der Waals surface area contributed by atoms with Crippen molar-refractivity contribution in [1.82, 2.24) is 19.9 Å². The summed E-state index contributed by atoms with van der Waals surface area (Å²) in [5.74, 6) is 1.24. The second kappa shape index (κ2) is 5.35. The number of nitrogens with one attached hydrogen (secondary N) is 2. The molecule has 2 N–H and O–H groups in total. The molecule has 0 saturated carbocycles. The Kier molecular flexibility index (Phi) is 3.61. The maximum Gasteiger partial charge on any atom is 0.218 e. The van der Waals surface area contributed by atoms with Gasteiger partial charge in [0.1, 0.15) is 5.82 Å². The molecular formula is C11H15N5O2. The number of carbonyl (C=O) groups excluding carboxylic acids is 1. The second-order valence-corrected chi connectivity index (χ2v) is 3.69. The highest BCUT2D eigenvalue weighted by molar-refractivity contribution is 5.72. The van der Waals surface area contributed by atoms with Crippen molar-refractivity contribution in [2.45, 2.75) is 6.92 Å². The lowest BCUT2D eigenvalue weighted by atomic mass is 10.5. The van der Waals surface area contributed by atoms with E-state index in [1.54, 1.807) is 30.0 Å². The van der Waals surface area contributed by atoms with E-state index < -0.39 is 0 Å². The highest BCUT2D eigenvalue weighted by Gasteiger charge is 2.05. The lowest BCUT2D eigenvalue weighted by molar-refractivity contribution is -0.118. The van der Waals surface area contributed by atoms with Crippen LogP contribution in [0.2, 0.25) is 0 Å². The number of carbonyl (C=O) groups is 1. The Bertz CT molecular complexity index is 551. The van der Waals surface area contributed by atoms with Crippen molar-refractivity contribution >= 4 is 17.4 Å². The number of hydrogen-bond acceptors (Lipinski definition) is 5. The molecule has 2 aromatic heterocycles. The van der Waals surface area contributed by atoms with Crippen LogP contribution >= 0.6 is 0 Å². The molecule has 0 spiro atoms. The summed E-state index contributed by atoms with van der Waals surface area (Å²) in [4.78, 5) is 15.0. The molecule has 0 atom stereocenters. The topological polar surface area (TPSA) is 80.5 Å². The Labute approximate surface area is 104 Å². The summed E-state index contributed by atoms with van der Waals surface area (Å²) < 4.78 is 6.79. The third-order valence-corrected chi connectivity index (χ3v) is 2.35. The molecule has 0 saturated heterocycles. The Balaban J connectivity index is 2.10. The number of aromatic nitrogens is 3. The highest BCUT2D eigenvalue weighted by Crippen LogP contribution is 2.16. The van der Waals surface area contributed by atoms with Crippen molar-refractivity contribution < 1.29 is 9.53 Å². The summed E-state index contributed by atoms with van der Waals surface area (Å²) in [6.07, 6.45) is 1.67. The zero-order chi connectivity index (χ0) is 13.0. The zero-order valence-corrected chi connectivity index (χ0v) is 10.3. The van der Waals surface area contributed by atoms with Crippen molar-refractivity contribution in [2.24, 2.45) is 0 Å². The minimum atomic E-state index is -0.0478. The summed E-state index contributed by atoms with van der Waals surface area (Å²) >= 11 is 0. The monoisotopic (exact) mass is 249 g/mol. The van der Waals surface area contributed by atoms with Gasteiger partial charge in [-0.15, -0.1) is 0 Å². The number of nitrogens with zero attached hydrogens (tertiary/aromatic N) is 3. The van der Waals surface area contributed by atoms with Crippen LogP contribution in [0.1, 0.15) is 6.92 Å². The van der Waals surface area contributed by atoms with E-state index >= 15 is 0 Å². The number of amides is 1. The SMILES string of the molecule is COc1cc(NCCNC(C)=O)n2nccc2n1. The van der Waals surface area contributed by atoms with Crippen molar-refractivity contribution in [1.29, 1.82) is 0 Å². The maximum absolute atomic E-state index is 10.7. The molecule has 7 heteroatoms. The van der Waals surface area contributed by atoms with E-state index in [4.69, 9.17) is 4.74 Å². The molecule has 7 nitrogen and oxygen atoms in total. The van der Waals surface area contributed by atoms with Gasteiger partial charge in [0, 0.05) is 32.1 Å².